The maximum atomic E-state index is 3.68. The molecule has 1 saturated heterocycles. The lowest BCUT2D eigenvalue weighted by Crippen LogP contribution is -2.56. The molecule has 0 aromatic rings. The lowest BCUT2D eigenvalue weighted by Gasteiger charge is -2.40. The van der Waals surface area contributed by atoms with Crippen LogP contribution in [0.2, 0.25) is 0 Å². The van der Waals surface area contributed by atoms with Gasteiger partial charge in [0.25, 0.3) is 0 Å². The van der Waals surface area contributed by atoms with Gasteiger partial charge in [-0.1, -0.05) is 32.4 Å². The minimum absolute atomic E-state index is 0.721. The quantitative estimate of drug-likeness (QED) is 0.698. The standard InChI is InChI=1S/C14H28N2/c1-4-7-8-10-16-12-13(9-5-2)15-11-14(16)6-3/h4,7,13-15H,5-6,8-12H2,1-3H3/b7-4+. The molecule has 1 aliphatic heterocycles. The van der Waals surface area contributed by atoms with Crippen molar-refractivity contribution in [3.8, 4) is 0 Å². The number of nitrogens with zero attached hydrogens (tertiary/aromatic N) is 1. The Hall–Kier alpha value is -0.340. The first-order chi connectivity index (χ1) is 7.81. The number of hydrogen-bond acceptors (Lipinski definition) is 2. The van der Waals surface area contributed by atoms with E-state index in [2.05, 4.69) is 43.1 Å². The van der Waals surface area contributed by atoms with Crippen molar-refractivity contribution in [3.05, 3.63) is 12.2 Å². The minimum atomic E-state index is 0.721. The van der Waals surface area contributed by atoms with Crippen LogP contribution >= 0.6 is 0 Å². The summed E-state index contributed by atoms with van der Waals surface area (Å²) in [6.07, 6.45) is 9.51. The number of hydrogen-bond donors (Lipinski definition) is 1. The van der Waals surface area contributed by atoms with Crippen molar-refractivity contribution in [2.45, 2.75) is 58.5 Å². The van der Waals surface area contributed by atoms with Crippen LogP contribution in [0.3, 0.4) is 0 Å². The SMILES string of the molecule is C/C=C/CCN1CC(CCC)NCC1CC. The van der Waals surface area contributed by atoms with Gasteiger partial charge in [0.15, 0.2) is 0 Å². The van der Waals surface area contributed by atoms with Crippen LogP contribution in [0.25, 0.3) is 0 Å². The number of rotatable bonds is 6. The van der Waals surface area contributed by atoms with Gasteiger partial charge in [-0.3, -0.25) is 4.90 Å². The van der Waals surface area contributed by atoms with E-state index in [1.54, 1.807) is 0 Å². The lowest BCUT2D eigenvalue weighted by molar-refractivity contribution is 0.125. The maximum Gasteiger partial charge on any atom is 0.0218 e. The second-order valence-corrected chi connectivity index (χ2v) is 4.81. The van der Waals surface area contributed by atoms with E-state index in [9.17, 15) is 0 Å². The third kappa shape index (κ3) is 4.26. The van der Waals surface area contributed by atoms with E-state index in [1.807, 2.05) is 0 Å². The van der Waals surface area contributed by atoms with Crippen LogP contribution in [0, 0.1) is 0 Å². The molecule has 0 aromatic carbocycles. The molecule has 1 aliphatic rings. The summed E-state index contributed by atoms with van der Waals surface area (Å²) in [5, 5.41) is 3.68. The number of allylic oxidation sites excluding steroid dienone is 1. The number of nitrogens with one attached hydrogen (secondary N) is 1. The normalized spacial score (nSPS) is 27.7. The van der Waals surface area contributed by atoms with Crippen LogP contribution in [0.1, 0.15) is 46.5 Å². The highest BCUT2D eigenvalue weighted by Gasteiger charge is 2.25. The molecule has 2 atom stereocenters. The molecule has 0 radical (unpaired) electrons. The first-order valence-corrected chi connectivity index (χ1v) is 6.90. The highest BCUT2D eigenvalue weighted by atomic mass is 15.2. The van der Waals surface area contributed by atoms with Gasteiger partial charge in [-0.2, -0.15) is 0 Å². The predicted molar refractivity (Wildman–Crippen MR) is 71.8 cm³/mol. The summed E-state index contributed by atoms with van der Waals surface area (Å²) in [4.78, 5) is 2.68. The molecular weight excluding hydrogens is 196 g/mol. The molecular formula is C14H28N2. The summed E-state index contributed by atoms with van der Waals surface area (Å²) in [7, 11) is 0. The van der Waals surface area contributed by atoms with Gasteiger partial charge >= 0.3 is 0 Å². The smallest absolute Gasteiger partial charge is 0.0218 e. The fraction of sp³-hybridized carbons (Fsp3) is 0.857. The lowest BCUT2D eigenvalue weighted by atomic mass is 10.0. The second kappa shape index (κ2) is 7.86. The van der Waals surface area contributed by atoms with Crippen LogP contribution in [0.5, 0.6) is 0 Å². The molecule has 1 heterocycles. The summed E-state index contributed by atoms with van der Waals surface area (Å²) in [6, 6.07) is 1.47. The minimum Gasteiger partial charge on any atom is -0.311 e. The zero-order valence-corrected chi connectivity index (χ0v) is 11.2. The Morgan fingerprint density at radius 3 is 2.81 bits per heavy atom. The van der Waals surface area contributed by atoms with Gasteiger partial charge in [0.1, 0.15) is 0 Å². The topological polar surface area (TPSA) is 15.3 Å². The molecule has 1 N–H and O–H groups in total. The highest BCUT2D eigenvalue weighted by molar-refractivity contribution is 4.87. The van der Waals surface area contributed by atoms with Crippen molar-refractivity contribution in [2.75, 3.05) is 19.6 Å². The van der Waals surface area contributed by atoms with Gasteiger partial charge < -0.3 is 5.32 Å². The molecule has 2 heteroatoms. The predicted octanol–water partition coefficient (Wildman–Crippen LogP) is 2.81. The molecule has 1 rings (SSSR count). The Labute approximate surface area is 101 Å². The Balaban J connectivity index is 2.40. The van der Waals surface area contributed by atoms with Gasteiger partial charge in [-0.05, 0) is 26.2 Å². The van der Waals surface area contributed by atoms with Crippen LogP contribution < -0.4 is 5.32 Å². The Bertz CT molecular complexity index is 201. The molecule has 0 saturated carbocycles. The molecule has 2 nitrogen and oxygen atoms in total. The largest absolute Gasteiger partial charge is 0.311 e. The average Bonchev–Trinajstić information content (AvgIpc) is 2.30. The van der Waals surface area contributed by atoms with Crippen molar-refractivity contribution in [2.24, 2.45) is 0 Å². The zero-order chi connectivity index (χ0) is 11.8. The number of piperazine rings is 1. The molecule has 2 unspecified atom stereocenters. The van der Waals surface area contributed by atoms with E-state index in [-0.39, 0.29) is 0 Å². The van der Waals surface area contributed by atoms with E-state index in [0.717, 1.165) is 12.1 Å². The van der Waals surface area contributed by atoms with Crippen molar-refractivity contribution < 1.29 is 0 Å². The van der Waals surface area contributed by atoms with Crippen molar-refractivity contribution in [1.29, 1.82) is 0 Å². The van der Waals surface area contributed by atoms with Crippen molar-refractivity contribution in [1.82, 2.24) is 10.2 Å². The molecule has 0 aliphatic carbocycles. The van der Waals surface area contributed by atoms with Crippen LogP contribution in [0.15, 0.2) is 12.2 Å². The zero-order valence-electron chi connectivity index (χ0n) is 11.2. The van der Waals surface area contributed by atoms with Crippen molar-refractivity contribution >= 4 is 0 Å². The summed E-state index contributed by atoms with van der Waals surface area (Å²) < 4.78 is 0. The Morgan fingerprint density at radius 2 is 2.19 bits per heavy atom. The molecule has 0 amide bonds. The molecule has 16 heavy (non-hydrogen) atoms. The monoisotopic (exact) mass is 224 g/mol. The first-order valence-electron chi connectivity index (χ1n) is 6.90. The third-order valence-corrected chi connectivity index (χ3v) is 3.54. The van der Waals surface area contributed by atoms with Gasteiger partial charge in [0.2, 0.25) is 0 Å². The van der Waals surface area contributed by atoms with E-state index in [1.165, 1.54) is 45.3 Å². The van der Waals surface area contributed by atoms with E-state index >= 15 is 0 Å². The van der Waals surface area contributed by atoms with Gasteiger partial charge in [-0.25, -0.2) is 0 Å². The summed E-state index contributed by atoms with van der Waals surface area (Å²) in [5.74, 6) is 0. The molecule has 0 spiro atoms. The second-order valence-electron chi connectivity index (χ2n) is 4.81. The first kappa shape index (κ1) is 13.7. The van der Waals surface area contributed by atoms with Crippen molar-refractivity contribution in [3.63, 3.8) is 0 Å². The highest BCUT2D eigenvalue weighted by Crippen LogP contribution is 2.13. The van der Waals surface area contributed by atoms with Crippen LogP contribution in [-0.2, 0) is 0 Å². The third-order valence-electron chi connectivity index (χ3n) is 3.54. The van der Waals surface area contributed by atoms with E-state index in [4.69, 9.17) is 0 Å². The van der Waals surface area contributed by atoms with Gasteiger partial charge in [-0.15, -0.1) is 0 Å². The fourth-order valence-electron chi connectivity index (χ4n) is 2.55. The van der Waals surface area contributed by atoms with Crippen LogP contribution in [-0.4, -0.2) is 36.6 Å². The fourth-order valence-corrected chi connectivity index (χ4v) is 2.55. The summed E-state index contributed by atoms with van der Waals surface area (Å²) in [5.41, 5.74) is 0. The Morgan fingerprint density at radius 1 is 1.38 bits per heavy atom. The summed E-state index contributed by atoms with van der Waals surface area (Å²) >= 11 is 0. The molecule has 94 valence electrons. The van der Waals surface area contributed by atoms with Crippen LogP contribution in [0.4, 0.5) is 0 Å². The molecule has 0 aromatic heterocycles. The maximum absolute atomic E-state index is 3.68. The van der Waals surface area contributed by atoms with E-state index in [0.29, 0.717) is 0 Å². The molecule has 0 bridgehead atoms. The van der Waals surface area contributed by atoms with E-state index < -0.39 is 0 Å². The summed E-state index contributed by atoms with van der Waals surface area (Å²) in [6.45, 7) is 10.3. The van der Waals surface area contributed by atoms with Gasteiger partial charge in [0, 0.05) is 31.7 Å². The average molecular weight is 224 g/mol. The van der Waals surface area contributed by atoms with Gasteiger partial charge in [0.05, 0.1) is 0 Å². The Kier molecular flexibility index (Phi) is 6.74. The molecule has 1 fully saturated rings.